The average Bonchev–Trinajstić information content (AvgIpc) is 3.81. The Bertz CT molecular complexity index is 1910. The second-order valence-electron chi connectivity index (χ2n) is 14.4. The summed E-state index contributed by atoms with van der Waals surface area (Å²) < 4.78 is 76.7. The minimum Gasteiger partial charge on any atom is -1.00 e. The van der Waals surface area contributed by atoms with Crippen molar-refractivity contribution in [2.75, 3.05) is 0 Å². The van der Waals surface area contributed by atoms with Crippen molar-refractivity contribution in [3.8, 4) is 22.3 Å². The molecule has 2 fully saturated rings. The molecule has 300 valence electrons. The first-order valence-electron chi connectivity index (χ1n) is 18.8. The molecule has 2 saturated carbocycles. The Balaban J connectivity index is 0.000000267. The third-order valence-corrected chi connectivity index (χ3v) is 10.7. The molecule has 0 unspecified atom stereocenters. The molecule has 2 aliphatic rings. The van der Waals surface area contributed by atoms with Gasteiger partial charge in [0.05, 0.1) is 11.1 Å². The summed E-state index contributed by atoms with van der Waals surface area (Å²) in [5.41, 5.74) is 5.24. The Morgan fingerprint density at radius 1 is 0.500 bits per heavy atom. The van der Waals surface area contributed by atoms with Crippen LogP contribution in [0.25, 0.3) is 43.8 Å². The van der Waals surface area contributed by atoms with Crippen molar-refractivity contribution in [1.29, 1.82) is 0 Å². The number of fused-ring (bicyclic) bond motifs is 2. The molecule has 6 aromatic rings. The summed E-state index contributed by atoms with van der Waals surface area (Å²) in [5, 5.41) is 4.64. The fourth-order valence-electron chi connectivity index (χ4n) is 8.04. The standard InChI is InChI=1S/2C22H20F3.C3H6.2ClH.Hf/c2*23-22(24,25)19-11-9-16(10-12-19)20-8-4-7-17-13-18(14-21(17)20)15-5-2-1-3-6-15;1-3-2;;;/h2*4,7-15H,1-3,5-6H2;1-3H2;2*1H;/q2*-1;-2;;;/p-2. The summed E-state index contributed by atoms with van der Waals surface area (Å²) in [4.78, 5) is 0. The molecule has 0 nitrogen and oxygen atoms in total. The van der Waals surface area contributed by atoms with Crippen molar-refractivity contribution < 1.29 is 77.0 Å². The van der Waals surface area contributed by atoms with Crippen molar-refractivity contribution in [3.05, 3.63) is 145 Å². The third kappa shape index (κ3) is 11.6. The van der Waals surface area contributed by atoms with E-state index in [-0.39, 0.29) is 50.7 Å². The average molecular weight is 974 g/mol. The Labute approximate surface area is 358 Å². The largest absolute Gasteiger partial charge is 1.00 e. The molecule has 0 amide bonds. The maximum atomic E-state index is 12.8. The van der Waals surface area contributed by atoms with E-state index in [2.05, 4.69) is 50.2 Å². The number of hydrogen-bond acceptors (Lipinski definition) is 0. The van der Waals surface area contributed by atoms with Crippen molar-refractivity contribution in [2.24, 2.45) is 0 Å². The predicted molar refractivity (Wildman–Crippen MR) is 207 cm³/mol. The van der Waals surface area contributed by atoms with Crippen molar-refractivity contribution in [3.63, 3.8) is 0 Å². The van der Waals surface area contributed by atoms with E-state index in [1.807, 2.05) is 24.3 Å². The Morgan fingerprint density at radius 3 is 1.12 bits per heavy atom. The van der Waals surface area contributed by atoms with E-state index >= 15 is 0 Å². The van der Waals surface area contributed by atoms with E-state index in [1.54, 1.807) is 24.3 Å². The van der Waals surface area contributed by atoms with Gasteiger partial charge in [-0.1, -0.05) is 86.1 Å². The fourth-order valence-corrected chi connectivity index (χ4v) is 8.04. The first-order chi connectivity index (χ1) is 25.5. The van der Waals surface area contributed by atoms with Gasteiger partial charge in [0, 0.05) is 25.8 Å². The zero-order valence-corrected chi connectivity index (χ0v) is 36.4. The van der Waals surface area contributed by atoms with Gasteiger partial charge >= 0.3 is 12.4 Å². The molecular weight excluding hydrogens is 928 g/mol. The van der Waals surface area contributed by atoms with Crippen LogP contribution in [0.1, 0.15) is 105 Å². The van der Waals surface area contributed by atoms with Gasteiger partial charge in [0.25, 0.3) is 0 Å². The smallest absolute Gasteiger partial charge is 0.416 e. The van der Waals surface area contributed by atoms with Gasteiger partial charge in [0.15, 0.2) is 0 Å². The van der Waals surface area contributed by atoms with E-state index in [0.717, 1.165) is 39.4 Å². The number of hydrogen-bond donors (Lipinski definition) is 0. The normalized spacial score (nSPS) is 15.0. The summed E-state index contributed by atoms with van der Waals surface area (Å²) in [7, 11) is 0. The predicted octanol–water partition coefficient (Wildman–Crippen LogP) is 9.63. The van der Waals surface area contributed by atoms with Gasteiger partial charge in [0.2, 0.25) is 0 Å². The molecule has 0 N–H and O–H groups in total. The van der Waals surface area contributed by atoms with Crippen molar-refractivity contribution >= 4 is 21.5 Å². The van der Waals surface area contributed by atoms with Crippen LogP contribution in [0.5, 0.6) is 0 Å². The van der Waals surface area contributed by atoms with Crippen LogP contribution < -0.4 is 24.8 Å². The van der Waals surface area contributed by atoms with E-state index in [1.165, 1.54) is 110 Å². The minimum absolute atomic E-state index is 0. The second-order valence-corrected chi connectivity index (χ2v) is 14.4. The number of alkyl halides is 6. The van der Waals surface area contributed by atoms with E-state index < -0.39 is 23.5 Å². The van der Waals surface area contributed by atoms with Crippen LogP contribution >= 0.6 is 0 Å². The summed E-state index contributed by atoms with van der Waals surface area (Å²) in [6.45, 7) is 6.75. The van der Waals surface area contributed by atoms with Crippen LogP contribution in [0.3, 0.4) is 0 Å². The van der Waals surface area contributed by atoms with Crippen LogP contribution in [0.4, 0.5) is 26.3 Å². The molecule has 0 radical (unpaired) electrons. The third-order valence-electron chi connectivity index (χ3n) is 10.7. The topological polar surface area (TPSA) is 0 Å². The van der Waals surface area contributed by atoms with Crippen LogP contribution in [0.2, 0.25) is 0 Å². The molecule has 0 aliphatic heterocycles. The molecule has 0 saturated heterocycles. The Hall–Kier alpha value is -2.87. The summed E-state index contributed by atoms with van der Waals surface area (Å²) >= 11 is 0. The molecule has 6 aromatic carbocycles. The second kappa shape index (κ2) is 21.2. The zero-order valence-electron chi connectivity index (χ0n) is 31.3. The Kier molecular flexibility index (Phi) is 18.0. The first-order valence-corrected chi connectivity index (χ1v) is 18.8. The summed E-state index contributed by atoms with van der Waals surface area (Å²) in [6.07, 6.45) is 4.95. The molecule has 0 atom stereocenters. The van der Waals surface area contributed by atoms with Crippen LogP contribution in [-0.4, -0.2) is 0 Å². The van der Waals surface area contributed by atoms with Gasteiger partial charge in [-0.15, -0.1) is 69.1 Å². The summed E-state index contributed by atoms with van der Waals surface area (Å²) in [5.74, 6) is 1.25. The molecule has 9 heteroatoms. The minimum atomic E-state index is -4.29. The molecule has 56 heavy (non-hydrogen) atoms. The molecule has 0 heterocycles. The molecule has 2 aliphatic carbocycles. The molecule has 0 aromatic heterocycles. The fraction of sp³-hybridized carbons (Fsp3) is 0.319. The van der Waals surface area contributed by atoms with Crippen LogP contribution in [0, 0.1) is 13.8 Å². The van der Waals surface area contributed by atoms with Gasteiger partial charge in [-0.25, -0.2) is 0 Å². The quantitative estimate of drug-likeness (QED) is 0.0939. The zero-order chi connectivity index (χ0) is 37.6. The van der Waals surface area contributed by atoms with Gasteiger partial charge in [0.1, 0.15) is 0 Å². The van der Waals surface area contributed by atoms with Gasteiger partial charge in [-0.05, 0) is 72.9 Å². The SMILES string of the molecule is FC(F)(F)c1ccc(-c2cccc3[cH-]c(C4CCCCC4)cc23)cc1.FC(F)(F)c1ccc(-c2cccc3[cH-]c(C4CCCCC4)cc23)cc1.[CH2-]C[CH2-].[Cl-].[Cl-].[Hf]. The van der Waals surface area contributed by atoms with Crippen LogP contribution in [-0.2, 0) is 38.2 Å². The van der Waals surface area contributed by atoms with Crippen molar-refractivity contribution in [1.82, 2.24) is 0 Å². The molecule has 0 spiro atoms. The van der Waals surface area contributed by atoms with E-state index in [9.17, 15) is 26.3 Å². The van der Waals surface area contributed by atoms with Crippen molar-refractivity contribution in [2.45, 2.75) is 94.8 Å². The van der Waals surface area contributed by atoms with Gasteiger partial charge in [-0.2, -0.15) is 38.5 Å². The maximum Gasteiger partial charge on any atom is 0.416 e. The number of halogens is 8. The molecular formula is C47H46Cl2F6Hf-6. The monoisotopic (exact) mass is 974 g/mol. The summed E-state index contributed by atoms with van der Waals surface area (Å²) in [6, 6.07) is 32.1. The van der Waals surface area contributed by atoms with Gasteiger partial charge < -0.3 is 45.1 Å². The van der Waals surface area contributed by atoms with E-state index in [0.29, 0.717) is 11.8 Å². The first kappa shape index (κ1) is 47.5. The Morgan fingerprint density at radius 2 is 0.821 bits per heavy atom. The van der Waals surface area contributed by atoms with Crippen LogP contribution in [0.15, 0.2) is 109 Å². The number of benzene rings is 4. The van der Waals surface area contributed by atoms with Gasteiger partial charge in [-0.3, -0.25) is 0 Å². The molecule has 8 rings (SSSR count). The number of rotatable bonds is 4. The maximum absolute atomic E-state index is 12.8. The van der Waals surface area contributed by atoms with E-state index in [4.69, 9.17) is 0 Å². The molecule has 0 bridgehead atoms.